The lowest BCUT2D eigenvalue weighted by molar-refractivity contribution is -0.384. The van der Waals surface area contributed by atoms with E-state index in [4.69, 9.17) is 28.5 Å². The van der Waals surface area contributed by atoms with Crippen LogP contribution in [-0.2, 0) is 0 Å². The largest absolute Gasteiger partial charge is 0.289 e. The molecule has 0 radical (unpaired) electrons. The van der Waals surface area contributed by atoms with Crippen molar-refractivity contribution in [1.29, 1.82) is 5.26 Å². The number of nitro groups is 1. The summed E-state index contributed by atoms with van der Waals surface area (Å²) in [6.07, 6.45) is 3.43. The lowest BCUT2D eigenvalue weighted by Gasteiger charge is -2.03. The summed E-state index contributed by atoms with van der Waals surface area (Å²) in [6.45, 7) is 0. The van der Waals surface area contributed by atoms with Crippen LogP contribution in [0.2, 0.25) is 10.0 Å². The molecule has 0 atom stereocenters. The SMILES string of the molecule is CSC(=Nc1cc(Cl)c([N+](=O)[O-])cc1Cl)NC#N. The summed E-state index contributed by atoms with van der Waals surface area (Å²) in [5.41, 5.74) is -0.0427. The van der Waals surface area contributed by atoms with E-state index in [2.05, 4.69) is 10.3 Å². The molecule has 1 aromatic rings. The normalized spacial score (nSPS) is 10.9. The van der Waals surface area contributed by atoms with Crippen molar-refractivity contribution >= 4 is 51.5 Å². The highest BCUT2D eigenvalue weighted by Crippen LogP contribution is 2.35. The van der Waals surface area contributed by atoms with Crippen molar-refractivity contribution in [3.05, 3.63) is 32.3 Å². The molecule has 0 aliphatic heterocycles. The molecule has 0 spiro atoms. The second-order valence-corrected chi connectivity index (χ2v) is 4.48. The number of nitrogens with one attached hydrogen (secondary N) is 1. The van der Waals surface area contributed by atoms with Gasteiger partial charge < -0.3 is 0 Å². The summed E-state index contributed by atoms with van der Waals surface area (Å²) in [4.78, 5) is 14.0. The van der Waals surface area contributed by atoms with Gasteiger partial charge in [0, 0.05) is 6.07 Å². The first-order valence-corrected chi connectivity index (χ1v) is 6.39. The molecule has 0 bridgehead atoms. The molecule has 1 rings (SSSR count). The van der Waals surface area contributed by atoms with Gasteiger partial charge in [0.05, 0.1) is 15.6 Å². The number of thioether (sulfide) groups is 1. The van der Waals surface area contributed by atoms with Gasteiger partial charge in [-0.1, -0.05) is 35.0 Å². The summed E-state index contributed by atoms with van der Waals surface area (Å²) in [5, 5.41) is 21.8. The van der Waals surface area contributed by atoms with Crippen LogP contribution in [0.3, 0.4) is 0 Å². The van der Waals surface area contributed by atoms with Crippen molar-refractivity contribution in [1.82, 2.24) is 5.32 Å². The average Bonchev–Trinajstić information content (AvgIpc) is 2.32. The molecule has 1 aromatic carbocycles. The highest BCUT2D eigenvalue weighted by molar-refractivity contribution is 8.13. The molecule has 9 heteroatoms. The Morgan fingerprint density at radius 1 is 1.56 bits per heavy atom. The Labute approximate surface area is 117 Å². The van der Waals surface area contributed by atoms with Crippen LogP contribution in [0.15, 0.2) is 17.1 Å². The first-order chi connectivity index (χ1) is 8.49. The van der Waals surface area contributed by atoms with Crippen LogP contribution >= 0.6 is 35.0 Å². The molecule has 0 saturated carbocycles. The fourth-order valence-electron chi connectivity index (χ4n) is 1.03. The number of hydrogen-bond donors (Lipinski definition) is 1. The molecule has 0 aliphatic carbocycles. The van der Waals surface area contributed by atoms with Crippen LogP contribution in [0.1, 0.15) is 0 Å². The van der Waals surface area contributed by atoms with Gasteiger partial charge in [0.1, 0.15) is 5.02 Å². The van der Waals surface area contributed by atoms with E-state index in [0.717, 1.165) is 6.07 Å². The number of rotatable bonds is 2. The zero-order chi connectivity index (χ0) is 13.7. The van der Waals surface area contributed by atoms with Crippen LogP contribution in [0.25, 0.3) is 0 Å². The molecule has 0 unspecified atom stereocenters. The third-order valence-electron chi connectivity index (χ3n) is 1.79. The van der Waals surface area contributed by atoms with Gasteiger partial charge in [0.15, 0.2) is 11.4 Å². The Hall–Kier alpha value is -1.49. The summed E-state index contributed by atoms with van der Waals surface area (Å²) in [5.74, 6) is 0. The number of benzene rings is 1. The van der Waals surface area contributed by atoms with Crippen molar-refractivity contribution in [2.24, 2.45) is 4.99 Å². The quantitative estimate of drug-likeness (QED) is 0.226. The van der Waals surface area contributed by atoms with Gasteiger partial charge in [-0.25, -0.2) is 4.99 Å². The number of hydrogen-bond acceptors (Lipinski definition) is 5. The maximum absolute atomic E-state index is 10.6. The summed E-state index contributed by atoms with van der Waals surface area (Å²) in [6, 6.07) is 2.39. The molecule has 6 nitrogen and oxygen atoms in total. The minimum Gasteiger partial charge on any atom is -0.271 e. The first kappa shape index (κ1) is 14.6. The smallest absolute Gasteiger partial charge is 0.271 e. The highest BCUT2D eigenvalue weighted by Gasteiger charge is 2.16. The molecule has 0 saturated heterocycles. The lowest BCUT2D eigenvalue weighted by atomic mass is 10.3. The number of aliphatic imine (C=N–C) groups is 1. The molecule has 0 aliphatic rings. The van der Waals surface area contributed by atoms with Gasteiger partial charge in [-0.15, -0.1) is 0 Å². The van der Waals surface area contributed by atoms with E-state index in [1.54, 1.807) is 12.4 Å². The first-order valence-electron chi connectivity index (χ1n) is 4.40. The topological polar surface area (TPSA) is 91.3 Å². The molecule has 94 valence electrons. The zero-order valence-electron chi connectivity index (χ0n) is 8.98. The van der Waals surface area contributed by atoms with Crippen LogP contribution < -0.4 is 5.32 Å². The Balaban J connectivity index is 3.24. The van der Waals surface area contributed by atoms with E-state index >= 15 is 0 Å². The molecule has 0 fully saturated rings. The van der Waals surface area contributed by atoms with E-state index in [0.29, 0.717) is 5.17 Å². The number of nitrogens with zero attached hydrogens (tertiary/aromatic N) is 3. The predicted octanol–water partition coefficient (Wildman–Crippen LogP) is 3.32. The highest BCUT2D eigenvalue weighted by atomic mass is 35.5. The van der Waals surface area contributed by atoms with Crippen LogP contribution in [-0.4, -0.2) is 16.3 Å². The fraction of sp³-hybridized carbons (Fsp3) is 0.111. The molecular formula is C9H6Cl2N4O2S. The van der Waals surface area contributed by atoms with E-state index in [9.17, 15) is 10.1 Å². The average molecular weight is 305 g/mol. The van der Waals surface area contributed by atoms with E-state index in [-0.39, 0.29) is 21.4 Å². The van der Waals surface area contributed by atoms with Crippen molar-refractivity contribution in [2.45, 2.75) is 0 Å². The van der Waals surface area contributed by atoms with Crippen molar-refractivity contribution in [2.75, 3.05) is 6.26 Å². The summed E-state index contributed by atoms with van der Waals surface area (Å²) < 4.78 is 0. The monoisotopic (exact) mass is 304 g/mol. The maximum atomic E-state index is 10.6. The second-order valence-electron chi connectivity index (χ2n) is 2.87. The minimum absolute atomic E-state index is 0.0689. The van der Waals surface area contributed by atoms with Crippen LogP contribution in [0.5, 0.6) is 0 Å². The summed E-state index contributed by atoms with van der Waals surface area (Å²) in [7, 11) is 0. The van der Waals surface area contributed by atoms with Gasteiger partial charge >= 0.3 is 0 Å². The number of nitriles is 1. The fourth-order valence-corrected chi connectivity index (χ4v) is 1.80. The van der Waals surface area contributed by atoms with Gasteiger partial charge in [0.25, 0.3) is 5.69 Å². The van der Waals surface area contributed by atoms with Gasteiger partial charge in [0.2, 0.25) is 0 Å². The van der Waals surface area contributed by atoms with Gasteiger partial charge in [-0.05, 0) is 12.3 Å². The molecule has 18 heavy (non-hydrogen) atoms. The Morgan fingerprint density at radius 2 is 2.22 bits per heavy atom. The van der Waals surface area contributed by atoms with Crippen molar-refractivity contribution in [3.8, 4) is 6.19 Å². The Bertz CT molecular complexity index is 556. The third-order valence-corrected chi connectivity index (χ3v) is 2.98. The number of nitro benzene ring substituents is 1. The molecule has 0 aromatic heterocycles. The zero-order valence-corrected chi connectivity index (χ0v) is 11.3. The van der Waals surface area contributed by atoms with E-state index in [1.165, 1.54) is 17.8 Å². The van der Waals surface area contributed by atoms with Crippen LogP contribution in [0, 0.1) is 21.6 Å². The molecule has 0 heterocycles. The third kappa shape index (κ3) is 3.50. The van der Waals surface area contributed by atoms with Gasteiger partial charge in [-0.2, -0.15) is 5.26 Å². The van der Waals surface area contributed by atoms with Gasteiger partial charge in [-0.3, -0.25) is 15.4 Å². The standard InChI is InChI=1S/C9H6Cl2N4O2S/c1-18-9(13-4-12)14-7-2-6(11)8(15(16)17)3-5(7)10/h2-3H,1H3,(H,13,14). The molecule has 0 amide bonds. The Kier molecular flexibility index (Phi) is 5.22. The second kappa shape index (κ2) is 6.44. The van der Waals surface area contributed by atoms with E-state index < -0.39 is 4.92 Å². The van der Waals surface area contributed by atoms with Crippen molar-refractivity contribution < 1.29 is 4.92 Å². The number of halogens is 2. The minimum atomic E-state index is -0.634. The van der Waals surface area contributed by atoms with Crippen LogP contribution in [0.4, 0.5) is 11.4 Å². The molecule has 1 N–H and O–H groups in total. The number of amidine groups is 1. The summed E-state index contributed by atoms with van der Waals surface area (Å²) >= 11 is 12.8. The van der Waals surface area contributed by atoms with E-state index in [1.807, 2.05) is 0 Å². The predicted molar refractivity (Wildman–Crippen MR) is 72.5 cm³/mol. The molecular weight excluding hydrogens is 299 g/mol. The lowest BCUT2D eigenvalue weighted by Crippen LogP contribution is -2.12. The maximum Gasteiger partial charge on any atom is 0.289 e. The van der Waals surface area contributed by atoms with Crippen molar-refractivity contribution in [3.63, 3.8) is 0 Å². The Morgan fingerprint density at radius 3 is 2.72 bits per heavy atom.